The maximum atomic E-state index is 14.8. The van der Waals surface area contributed by atoms with Gasteiger partial charge in [-0.2, -0.15) is 0 Å². The van der Waals surface area contributed by atoms with Crippen molar-refractivity contribution in [3.05, 3.63) is 63.4 Å². The lowest BCUT2D eigenvalue weighted by Crippen LogP contribution is -2.45. The van der Waals surface area contributed by atoms with E-state index in [0.717, 1.165) is 29.8 Å². The maximum Gasteiger partial charge on any atom is 0.134 e. The van der Waals surface area contributed by atoms with E-state index < -0.39 is 0 Å². The van der Waals surface area contributed by atoms with Crippen LogP contribution < -0.4 is 4.90 Å². The highest BCUT2D eigenvalue weighted by molar-refractivity contribution is 6.42. The summed E-state index contributed by atoms with van der Waals surface area (Å²) in [5, 5.41) is 0.892. The number of halogens is 3. The van der Waals surface area contributed by atoms with Gasteiger partial charge in [0.25, 0.3) is 0 Å². The van der Waals surface area contributed by atoms with Crippen LogP contribution in [0.1, 0.15) is 45.2 Å². The molecule has 0 bridgehead atoms. The standard InChI is InChI=1S/C22H23Cl2FN2/c1-5-8-27-21-11-20(25)15(9-17(21)14(2)12-22(27,3)4)13-26-16-6-7-18(23)19(24)10-16/h6-7,9-13H,5,8H2,1-4H3. The van der Waals surface area contributed by atoms with Crippen LogP contribution in [0.15, 0.2) is 41.4 Å². The van der Waals surface area contributed by atoms with E-state index in [1.807, 2.05) is 6.07 Å². The first kappa shape index (κ1) is 19.9. The van der Waals surface area contributed by atoms with Gasteiger partial charge in [0.15, 0.2) is 0 Å². The van der Waals surface area contributed by atoms with Crippen molar-refractivity contribution in [3.8, 4) is 0 Å². The second-order valence-corrected chi connectivity index (χ2v) is 8.19. The monoisotopic (exact) mass is 404 g/mol. The molecule has 2 nitrogen and oxygen atoms in total. The fourth-order valence-electron chi connectivity index (χ4n) is 3.56. The van der Waals surface area contributed by atoms with Gasteiger partial charge in [-0.15, -0.1) is 0 Å². The van der Waals surface area contributed by atoms with E-state index in [9.17, 15) is 4.39 Å². The number of benzene rings is 2. The third-order valence-electron chi connectivity index (χ3n) is 4.80. The van der Waals surface area contributed by atoms with E-state index >= 15 is 0 Å². The van der Waals surface area contributed by atoms with Gasteiger partial charge < -0.3 is 4.90 Å². The zero-order valence-corrected chi connectivity index (χ0v) is 17.5. The summed E-state index contributed by atoms with van der Waals surface area (Å²) in [6, 6.07) is 8.58. The zero-order chi connectivity index (χ0) is 19.8. The van der Waals surface area contributed by atoms with Crippen LogP contribution >= 0.6 is 23.2 Å². The molecule has 0 aliphatic carbocycles. The highest BCUT2D eigenvalue weighted by atomic mass is 35.5. The summed E-state index contributed by atoms with van der Waals surface area (Å²) in [7, 11) is 0. The minimum absolute atomic E-state index is 0.144. The first-order chi connectivity index (χ1) is 12.7. The molecule has 0 radical (unpaired) electrons. The van der Waals surface area contributed by atoms with Crippen LogP contribution in [0.5, 0.6) is 0 Å². The predicted molar refractivity (Wildman–Crippen MR) is 115 cm³/mol. The minimum atomic E-state index is -0.288. The minimum Gasteiger partial charge on any atom is -0.362 e. The summed E-state index contributed by atoms with van der Waals surface area (Å²) in [6.07, 6.45) is 4.77. The SMILES string of the molecule is CCCN1c2cc(F)c(C=Nc3ccc(Cl)c(Cl)c3)cc2C(C)=CC1(C)C. The Kier molecular flexibility index (Phi) is 5.64. The van der Waals surface area contributed by atoms with Crippen molar-refractivity contribution in [1.29, 1.82) is 0 Å². The molecule has 2 aromatic rings. The predicted octanol–water partition coefficient (Wildman–Crippen LogP) is 7.30. The molecular formula is C22H23Cl2FN2. The van der Waals surface area contributed by atoms with Crippen LogP contribution in [-0.4, -0.2) is 18.3 Å². The Morgan fingerprint density at radius 1 is 1.15 bits per heavy atom. The van der Waals surface area contributed by atoms with Crippen molar-refractivity contribution < 1.29 is 4.39 Å². The lowest BCUT2D eigenvalue weighted by atomic mass is 9.87. The van der Waals surface area contributed by atoms with Crippen LogP contribution in [-0.2, 0) is 0 Å². The third kappa shape index (κ3) is 4.04. The van der Waals surface area contributed by atoms with Gasteiger partial charge >= 0.3 is 0 Å². The second kappa shape index (κ2) is 7.65. The van der Waals surface area contributed by atoms with Gasteiger partial charge in [-0.3, -0.25) is 4.99 Å². The number of allylic oxidation sites excluding steroid dienone is 1. The van der Waals surface area contributed by atoms with E-state index in [1.165, 1.54) is 6.21 Å². The van der Waals surface area contributed by atoms with Gasteiger partial charge in [0.05, 0.1) is 21.3 Å². The molecule has 0 atom stereocenters. The summed E-state index contributed by atoms with van der Waals surface area (Å²) in [6.45, 7) is 9.40. The molecule has 1 aliphatic rings. The number of rotatable bonds is 4. The molecule has 1 aliphatic heterocycles. The molecule has 0 N–H and O–H groups in total. The first-order valence-corrected chi connectivity index (χ1v) is 9.78. The van der Waals surface area contributed by atoms with Crippen molar-refractivity contribution in [1.82, 2.24) is 0 Å². The largest absolute Gasteiger partial charge is 0.362 e. The molecular weight excluding hydrogens is 382 g/mol. The summed E-state index contributed by atoms with van der Waals surface area (Å²) in [5.41, 5.74) is 4.05. The number of anilines is 1. The number of hydrogen-bond donors (Lipinski definition) is 0. The van der Waals surface area contributed by atoms with E-state index in [2.05, 4.69) is 43.7 Å². The van der Waals surface area contributed by atoms with Gasteiger partial charge in [0, 0.05) is 29.6 Å². The fraction of sp³-hybridized carbons (Fsp3) is 0.318. The van der Waals surface area contributed by atoms with Crippen LogP contribution in [0.3, 0.4) is 0 Å². The number of nitrogens with zero attached hydrogens (tertiary/aromatic N) is 2. The molecule has 3 rings (SSSR count). The smallest absolute Gasteiger partial charge is 0.134 e. The Balaban J connectivity index is 2.02. The quantitative estimate of drug-likeness (QED) is 0.488. The Bertz CT molecular complexity index is 932. The number of hydrogen-bond acceptors (Lipinski definition) is 2. The second-order valence-electron chi connectivity index (χ2n) is 7.38. The summed E-state index contributed by atoms with van der Waals surface area (Å²) >= 11 is 11.9. The van der Waals surface area contributed by atoms with Gasteiger partial charge in [0.2, 0.25) is 0 Å². The Morgan fingerprint density at radius 2 is 1.89 bits per heavy atom. The molecule has 0 aromatic heterocycles. The highest BCUT2D eigenvalue weighted by Crippen LogP contribution is 2.40. The van der Waals surface area contributed by atoms with Crippen LogP contribution in [0.4, 0.5) is 15.8 Å². The number of fused-ring (bicyclic) bond motifs is 1. The normalized spacial score (nSPS) is 15.8. The van der Waals surface area contributed by atoms with Crippen molar-refractivity contribution in [2.45, 2.75) is 39.7 Å². The lowest BCUT2D eigenvalue weighted by Gasteiger charge is -2.43. The Morgan fingerprint density at radius 3 is 2.56 bits per heavy atom. The van der Waals surface area contributed by atoms with Crippen molar-refractivity contribution in [2.24, 2.45) is 4.99 Å². The van der Waals surface area contributed by atoms with Crippen LogP contribution in [0.25, 0.3) is 5.57 Å². The number of aliphatic imine (C=N–C) groups is 1. The van der Waals surface area contributed by atoms with E-state index in [-0.39, 0.29) is 11.4 Å². The van der Waals surface area contributed by atoms with Gasteiger partial charge in [0.1, 0.15) is 5.82 Å². The summed E-state index contributed by atoms with van der Waals surface area (Å²) < 4.78 is 14.8. The zero-order valence-electron chi connectivity index (χ0n) is 16.0. The molecule has 0 saturated carbocycles. The molecule has 0 spiro atoms. The van der Waals surface area contributed by atoms with Crippen LogP contribution in [0, 0.1) is 5.82 Å². The molecule has 0 fully saturated rings. The van der Waals surface area contributed by atoms with Crippen molar-refractivity contribution in [3.63, 3.8) is 0 Å². The Hall–Kier alpha value is -1.84. The molecule has 2 aromatic carbocycles. The van der Waals surface area contributed by atoms with Crippen molar-refractivity contribution >= 4 is 46.4 Å². The van der Waals surface area contributed by atoms with E-state index in [0.29, 0.717) is 21.3 Å². The topological polar surface area (TPSA) is 15.6 Å². The summed E-state index contributed by atoms with van der Waals surface area (Å²) in [4.78, 5) is 6.62. The average Bonchev–Trinajstić information content (AvgIpc) is 2.59. The van der Waals surface area contributed by atoms with E-state index in [4.69, 9.17) is 23.2 Å². The highest BCUT2D eigenvalue weighted by Gasteiger charge is 2.31. The third-order valence-corrected chi connectivity index (χ3v) is 5.54. The first-order valence-electron chi connectivity index (χ1n) is 9.03. The molecule has 0 unspecified atom stereocenters. The van der Waals surface area contributed by atoms with Gasteiger partial charge in [-0.25, -0.2) is 4.39 Å². The Labute approximate surface area is 170 Å². The molecule has 0 amide bonds. The molecule has 1 heterocycles. The molecule has 0 saturated heterocycles. The molecule has 27 heavy (non-hydrogen) atoms. The molecule has 142 valence electrons. The fourth-order valence-corrected chi connectivity index (χ4v) is 3.85. The summed E-state index contributed by atoms with van der Waals surface area (Å²) in [5.74, 6) is -0.288. The maximum absolute atomic E-state index is 14.8. The van der Waals surface area contributed by atoms with Crippen molar-refractivity contribution in [2.75, 3.05) is 11.4 Å². The molecule has 5 heteroatoms. The van der Waals surface area contributed by atoms with Crippen LogP contribution in [0.2, 0.25) is 10.0 Å². The van der Waals surface area contributed by atoms with E-state index in [1.54, 1.807) is 24.3 Å². The average molecular weight is 405 g/mol. The lowest BCUT2D eigenvalue weighted by molar-refractivity contribution is 0.546. The van der Waals surface area contributed by atoms with Gasteiger partial charge in [-0.1, -0.05) is 36.2 Å². The van der Waals surface area contributed by atoms with Gasteiger partial charge in [-0.05, 0) is 63.1 Å².